The minimum absolute atomic E-state index is 0.102. The standard InChI is InChI=1S/C17H18N2O3/c1-12-7-6-10-15(16(12)19(21)22)17(20)18-11-13(2)14-8-4-3-5-9-14/h3-10,13H,11H2,1-2H3,(H,18,20). The molecule has 2 aromatic rings. The molecule has 1 atom stereocenters. The van der Waals surface area contributed by atoms with Crippen LogP contribution in [0.15, 0.2) is 48.5 Å². The van der Waals surface area contributed by atoms with Crippen LogP contribution in [0.3, 0.4) is 0 Å². The molecule has 1 unspecified atom stereocenters. The molecule has 1 amide bonds. The number of nitro benzene ring substituents is 1. The van der Waals surface area contributed by atoms with Crippen LogP contribution in [0.5, 0.6) is 0 Å². The van der Waals surface area contributed by atoms with Gasteiger partial charge in [0.25, 0.3) is 11.6 Å². The molecule has 2 rings (SSSR count). The predicted molar refractivity (Wildman–Crippen MR) is 85.0 cm³/mol. The van der Waals surface area contributed by atoms with Crippen LogP contribution >= 0.6 is 0 Å². The Morgan fingerprint density at radius 1 is 1.18 bits per heavy atom. The van der Waals surface area contributed by atoms with Crippen LogP contribution in [0, 0.1) is 17.0 Å². The van der Waals surface area contributed by atoms with Crippen LogP contribution in [0.25, 0.3) is 0 Å². The number of carbonyl (C=O) groups is 1. The van der Waals surface area contributed by atoms with Gasteiger partial charge < -0.3 is 5.32 Å². The Bertz CT molecular complexity index is 684. The maximum atomic E-state index is 12.2. The van der Waals surface area contributed by atoms with Gasteiger partial charge in [-0.1, -0.05) is 49.4 Å². The van der Waals surface area contributed by atoms with Gasteiger partial charge in [-0.05, 0) is 24.5 Å². The van der Waals surface area contributed by atoms with Crippen LogP contribution < -0.4 is 5.32 Å². The van der Waals surface area contributed by atoms with E-state index in [2.05, 4.69) is 5.32 Å². The quantitative estimate of drug-likeness (QED) is 0.679. The molecule has 0 heterocycles. The molecule has 2 aromatic carbocycles. The van der Waals surface area contributed by atoms with Crippen molar-refractivity contribution in [3.63, 3.8) is 0 Å². The molecule has 0 radical (unpaired) electrons. The number of amides is 1. The van der Waals surface area contributed by atoms with Gasteiger partial charge in [0.05, 0.1) is 4.92 Å². The zero-order valence-corrected chi connectivity index (χ0v) is 12.6. The summed E-state index contributed by atoms with van der Waals surface area (Å²) in [6, 6.07) is 14.6. The second-order valence-electron chi connectivity index (χ2n) is 5.25. The third kappa shape index (κ3) is 3.49. The van der Waals surface area contributed by atoms with Crippen molar-refractivity contribution >= 4 is 11.6 Å². The maximum absolute atomic E-state index is 12.2. The number of para-hydroxylation sites is 1. The highest BCUT2D eigenvalue weighted by atomic mass is 16.6. The van der Waals surface area contributed by atoms with Gasteiger partial charge in [0.1, 0.15) is 5.56 Å². The van der Waals surface area contributed by atoms with Gasteiger partial charge in [0, 0.05) is 12.1 Å². The summed E-state index contributed by atoms with van der Waals surface area (Å²) in [5.41, 5.74) is 1.56. The van der Waals surface area contributed by atoms with Gasteiger partial charge in [-0.15, -0.1) is 0 Å². The largest absolute Gasteiger partial charge is 0.351 e. The van der Waals surface area contributed by atoms with Crippen molar-refractivity contribution in [2.24, 2.45) is 0 Å². The van der Waals surface area contributed by atoms with Crippen molar-refractivity contribution in [2.75, 3.05) is 6.54 Å². The molecule has 0 aliphatic rings. The summed E-state index contributed by atoms with van der Waals surface area (Å²) in [6.45, 7) is 4.05. The molecule has 0 bridgehead atoms. The number of hydrogen-bond acceptors (Lipinski definition) is 3. The average molecular weight is 298 g/mol. The molecule has 0 aliphatic heterocycles. The fourth-order valence-corrected chi connectivity index (χ4v) is 2.32. The Morgan fingerprint density at radius 3 is 2.50 bits per heavy atom. The normalized spacial score (nSPS) is 11.7. The Balaban J connectivity index is 2.11. The number of benzene rings is 2. The molecule has 0 fully saturated rings. The Morgan fingerprint density at radius 2 is 1.86 bits per heavy atom. The molecule has 0 aliphatic carbocycles. The number of aryl methyl sites for hydroxylation is 1. The molecular formula is C17H18N2O3. The van der Waals surface area contributed by atoms with Crippen molar-refractivity contribution in [3.05, 3.63) is 75.3 Å². The third-order valence-corrected chi connectivity index (χ3v) is 3.60. The van der Waals surface area contributed by atoms with Gasteiger partial charge in [-0.3, -0.25) is 14.9 Å². The van der Waals surface area contributed by atoms with Gasteiger partial charge in [0.2, 0.25) is 0 Å². The molecule has 0 spiro atoms. The summed E-state index contributed by atoms with van der Waals surface area (Å²) in [5, 5.41) is 13.9. The topological polar surface area (TPSA) is 72.2 Å². The molecule has 114 valence electrons. The number of nitro groups is 1. The van der Waals surface area contributed by atoms with Crippen molar-refractivity contribution in [1.82, 2.24) is 5.32 Å². The fraction of sp³-hybridized carbons (Fsp3) is 0.235. The third-order valence-electron chi connectivity index (χ3n) is 3.60. The van der Waals surface area contributed by atoms with Crippen LogP contribution in [-0.2, 0) is 0 Å². The van der Waals surface area contributed by atoms with E-state index in [9.17, 15) is 14.9 Å². The lowest BCUT2D eigenvalue weighted by molar-refractivity contribution is -0.385. The summed E-state index contributed by atoms with van der Waals surface area (Å²) in [7, 11) is 0. The second kappa shape index (κ2) is 6.85. The van der Waals surface area contributed by atoms with E-state index in [1.807, 2.05) is 37.3 Å². The number of nitrogens with one attached hydrogen (secondary N) is 1. The summed E-state index contributed by atoms with van der Waals surface area (Å²) >= 11 is 0. The minimum atomic E-state index is -0.509. The summed E-state index contributed by atoms with van der Waals surface area (Å²) in [4.78, 5) is 22.9. The first kappa shape index (κ1) is 15.7. The first-order valence-corrected chi connectivity index (χ1v) is 7.08. The lowest BCUT2D eigenvalue weighted by Crippen LogP contribution is -2.28. The van der Waals surface area contributed by atoms with E-state index in [1.54, 1.807) is 19.1 Å². The van der Waals surface area contributed by atoms with Gasteiger partial charge in [-0.25, -0.2) is 0 Å². The lowest BCUT2D eigenvalue weighted by atomic mass is 10.0. The zero-order valence-electron chi connectivity index (χ0n) is 12.6. The van der Waals surface area contributed by atoms with Crippen LogP contribution in [0.1, 0.15) is 34.3 Å². The highest BCUT2D eigenvalue weighted by Crippen LogP contribution is 2.23. The van der Waals surface area contributed by atoms with Crippen molar-refractivity contribution in [2.45, 2.75) is 19.8 Å². The molecule has 1 N–H and O–H groups in total. The maximum Gasteiger partial charge on any atom is 0.285 e. The number of carbonyl (C=O) groups excluding carboxylic acids is 1. The summed E-state index contributed by atoms with van der Waals surface area (Å²) in [5.74, 6) is -0.285. The average Bonchev–Trinajstić information content (AvgIpc) is 2.52. The fourth-order valence-electron chi connectivity index (χ4n) is 2.32. The Labute approximate surface area is 129 Å². The summed E-state index contributed by atoms with van der Waals surface area (Å²) < 4.78 is 0. The van der Waals surface area contributed by atoms with E-state index >= 15 is 0 Å². The highest BCUT2D eigenvalue weighted by Gasteiger charge is 2.22. The van der Waals surface area contributed by atoms with E-state index in [0.717, 1.165) is 5.56 Å². The predicted octanol–water partition coefficient (Wildman–Crippen LogP) is 3.44. The van der Waals surface area contributed by atoms with Crippen LogP contribution in [0.4, 0.5) is 5.69 Å². The van der Waals surface area contributed by atoms with Crippen molar-refractivity contribution in [1.29, 1.82) is 0 Å². The highest BCUT2D eigenvalue weighted by molar-refractivity contribution is 5.98. The molecule has 22 heavy (non-hydrogen) atoms. The summed E-state index contributed by atoms with van der Waals surface area (Å²) in [6.07, 6.45) is 0. The smallest absolute Gasteiger partial charge is 0.285 e. The second-order valence-corrected chi connectivity index (χ2v) is 5.25. The lowest BCUT2D eigenvalue weighted by Gasteiger charge is -2.13. The van der Waals surface area contributed by atoms with E-state index in [1.165, 1.54) is 6.07 Å². The molecule has 0 aromatic heterocycles. The first-order valence-electron chi connectivity index (χ1n) is 7.08. The molecule has 0 saturated carbocycles. The number of rotatable bonds is 5. The SMILES string of the molecule is Cc1cccc(C(=O)NCC(C)c2ccccc2)c1[N+](=O)[O-]. The van der Waals surface area contributed by atoms with E-state index < -0.39 is 10.8 Å². The Hall–Kier alpha value is -2.69. The Kier molecular flexibility index (Phi) is 4.88. The number of nitrogens with zero attached hydrogens (tertiary/aromatic N) is 1. The van der Waals surface area contributed by atoms with E-state index in [-0.39, 0.29) is 17.2 Å². The van der Waals surface area contributed by atoms with E-state index in [0.29, 0.717) is 12.1 Å². The molecule has 5 heteroatoms. The van der Waals surface area contributed by atoms with Gasteiger partial charge >= 0.3 is 0 Å². The van der Waals surface area contributed by atoms with Crippen molar-refractivity contribution in [3.8, 4) is 0 Å². The molecule has 0 saturated heterocycles. The van der Waals surface area contributed by atoms with Crippen LogP contribution in [-0.4, -0.2) is 17.4 Å². The van der Waals surface area contributed by atoms with E-state index in [4.69, 9.17) is 0 Å². The molecular weight excluding hydrogens is 280 g/mol. The molecule has 5 nitrogen and oxygen atoms in total. The number of hydrogen-bond donors (Lipinski definition) is 1. The monoisotopic (exact) mass is 298 g/mol. The minimum Gasteiger partial charge on any atom is -0.351 e. The zero-order chi connectivity index (χ0) is 16.1. The van der Waals surface area contributed by atoms with Gasteiger partial charge in [0.15, 0.2) is 0 Å². The van der Waals surface area contributed by atoms with Gasteiger partial charge in [-0.2, -0.15) is 0 Å². The van der Waals surface area contributed by atoms with Crippen LogP contribution in [0.2, 0.25) is 0 Å². The first-order chi connectivity index (χ1) is 10.5. The van der Waals surface area contributed by atoms with Crippen molar-refractivity contribution < 1.29 is 9.72 Å².